The smallest absolute Gasteiger partial charge is 0.275 e. The van der Waals surface area contributed by atoms with Gasteiger partial charge in [0.1, 0.15) is 11.4 Å². The molecule has 1 aromatic heterocycles. The van der Waals surface area contributed by atoms with Crippen LogP contribution in [0, 0.1) is 0 Å². The lowest BCUT2D eigenvalue weighted by molar-refractivity contribution is 0.102. The molecular formula is C15H19N3O2S. The Kier molecular flexibility index (Phi) is 5.71. The van der Waals surface area contributed by atoms with Crippen LogP contribution in [0.5, 0.6) is 5.75 Å². The van der Waals surface area contributed by atoms with Gasteiger partial charge in [0.2, 0.25) is 0 Å². The van der Waals surface area contributed by atoms with Crippen molar-refractivity contribution in [2.75, 3.05) is 18.5 Å². The molecule has 1 aromatic carbocycles. The lowest BCUT2D eigenvalue weighted by Crippen LogP contribution is -2.14. The summed E-state index contributed by atoms with van der Waals surface area (Å²) in [6.45, 7) is 3.18. The van der Waals surface area contributed by atoms with Gasteiger partial charge in [0.05, 0.1) is 17.3 Å². The molecule has 0 fully saturated rings. The zero-order valence-corrected chi connectivity index (χ0v) is 12.8. The first-order valence-electron chi connectivity index (χ1n) is 6.92. The minimum atomic E-state index is -0.234. The minimum Gasteiger partial charge on any atom is -0.491 e. The number of hydrogen-bond donors (Lipinski definition) is 2. The molecule has 3 N–H and O–H groups in total. The molecule has 2 aromatic rings. The van der Waals surface area contributed by atoms with Crippen LogP contribution in [0.1, 0.15) is 28.8 Å². The first-order chi connectivity index (χ1) is 10.2. The summed E-state index contributed by atoms with van der Waals surface area (Å²) in [6.07, 6.45) is 1.60. The van der Waals surface area contributed by atoms with Crippen LogP contribution in [0.2, 0.25) is 0 Å². The van der Waals surface area contributed by atoms with Gasteiger partial charge in [-0.1, -0.05) is 19.1 Å². The Balaban J connectivity index is 2.07. The standard InChI is InChI=1S/C15H19N3O2S/c1-2-9-20-13-6-4-3-5-11(13)18-15(19)12-10-21-14(17-12)7-8-16/h3-6,10H,2,7-9,16H2,1H3,(H,18,19). The number of carbonyl (C=O) groups is 1. The van der Waals surface area contributed by atoms with E-state index in [9.17, 15) is 4.79 Å². The maximum absolute atomic E-state index is 12.2. The summed E-state index contributed by atoms with van der Waals surface area (Å²) in [5.41, 5.74) is 6.55. The number of hydrogen-bond acceptors (Lipinski definition) is 5. The number of para-hydroxylation sites is 2. The maximum atomic E-state index is 12.2. The topological polar surface area (TPSA) is 77.2 Å². The Morgan fingerprint density at radius 1 is 1.43 bits per heavy atom. The molecule has 1 heterocycles. The second-order valence-electron chi connectivity index (χ2n) is 4.46. The van der Waals surface area contributed by atoms with Gasteiger partial charge in [-0.25, -0.2) is 4.98 Å². The van der Waals surface area contributed by atoms with Crippen LogP contribution < -0.4 is 15.8 Å². The number of thiazole rings is 1. The van der Waals surface area contributed by atoms with Gasteiger partial charge < -0.3 is 15.8 Å². The van der Waals surface area contributed by atoms with Gasteiger partial charge in [-0.3, -0.25) is 4.79 Å². The molecule has 0 saturated carbocycles. The molecule has 0 aliphatic carbocycles. The number of benzene rings is 1. The van der Waals surface area contributed by atoms with Crippen molar-refractivity contribution in [3.63, 3.8) is 0 Å². The van der Waals surface area contributed by atoms with E-state index >= 15 is 0 Å². The van der Waals surface area contributed by atoms with Crippen LogP contribution in [-0.2, 0) is 6.42 Å². The van der Waals surface area contributed by atoms with E-state index in [0.29, 0.717) is 36.7 Å². The molecule has 0 saturated heterocycles. The largest absolute Gasteiger partial charge is 0.491 e. The highest BCUT2D eigenvalue weighted by molar-refractivity contribution is 7.09. The van der Waals surface area contributed by atoms with E-state index in [0.717, 1.165) is 11.4 Å². The summed E-state index contributed by atoms with van der Waals surface area (Å²) < 4.78 is 5.62. The third-order valence-corrected chi connectivity index (χ3v) is 3.65. The van der Waals surface area contributed by atoms with Crippen LogP contribution in [0.4, 0.5) is 5.69 Å². The Morgan fingerprint density at radius 2 is 2.24 bits per heavy atom. The van der Waals surface area contributed by atoms with Crippen molar-refractivity contribution in [1.29, 1.82) is 0 Å². The van der Waals surface area contributed by atoms with E-state index in [1.165, 1.54) is 11.3 Å². The predicted molar refractivity (Wildman–Crippen MR) is 85.1 cm³/mol. The molecule has 1 amide bonds. The zero-order chi connectivity index (χ0) is 15.1. The van der Waals surface area contributed by atoms with E-state index in [1.807, 2.05) is 31.2 Å². The molecule has 0 atom stereocenters. The van der Waals surface area contributed by atoms with Crippen LogP contribution in [0.25, 0.3) is 0 Å². The van der Waals surface area contributed by atoms with Gasteiger partial charge in [-0.05, 0) is 25.1 Å². The number of amides is 1. The number of aromatic nitrogens is 1. The fourth-order valence-electron chi connectivity index (χ4n) is 1.75. The van der Waals surface area contributed by atoms with E-state index in [1.54, 1.807) is 5.38 Å². The summed E-state index contributed by atoms with van der Waals surface area (Å²) in [5.74, 6) is 0.437. The van der Waals surface area contributed by atoms with Crippen LogP contribution in [0.15, 0.2) is 29.6 Å². The van der Waals surface area contributed by atoms with Crippen molar-refractivity contribution in [1.82, 2.24) is 4.98 Å². The molecule has 0 radical (unpaired) electrons. The average Bonchev–Trinajstić information content (AvgIpc) is 2.95. The number of nitrogens with two attached hydrogens (primary N) is 1. The quantitative estimate of drug-likeness (QED) is 0.824. The van der Waals surface area contributed by atoms with E-state index < -0.39 is 0 Å². The van der Waals surface area contributed by atoms with Crippen LogP contribution in [-0.4, -0.2) is 24.0 Å². The van der Waals surface area contributed by atoms with Gasteiger partial charge in [-0.2, -0.15) is 0 Å². The first-order valence-corrected chi connectivity index (χ1v) is 7.80. The molecule has 0 bridgehead atoms. The molecule has 0 unspecified atom stereocenters. The fourth-order valence-corrected chi connectivity index (χ4v) is 2.54. The van der Waals surface area contributed by atoms with E-state index in [4.69, 9.17) is 10.5 Å². The average molecular weight is 305 g/mol. The molecule has 5 nitrogen and oxygen atoms in total. The van der Waals surface area contributed by atoms with Crippen LogP contribution >= 0.6 is 11.3 Å². The maximum Gasteiger partial charge on any atom is 0.275 e. The normalized spacial score (nSPS) is 10.4. The first kappa shape index (κ1) is 15.5. The number of nitrogens with one attached hydrogen (secondary N) is 1. The summed E-state index contributed by atoms with van der Waals surface area (Å²) in [5, 5.41) is 5.46. The summed E-state index contributed by atoms with van der Waals surface area (Å²) in [4.78, 5) is 16.5. The number of ether oxygens (including phenoxy) is 1. The van der Waals surface area contributed by atoms with E-state index in [2.05, 4.69) is 10.3 Å². The number of nitrogens with zero attached hydrogens (tertiary/aromatic N) is 1. The molecule has 21 heavy (non-hydrogen) atoms. The molecular weight excluding hydrogens is 286 g/mol. The Hall–Kier alpha value is -1.92. The van der Waals surface area contributed by atoms with Crippen molar-refractivity contribution < 1.29 is 9.53 Å². The summed E-state index contributed by atoms with van der Waals surface area (Å²) in [6, 6.07) is 7.39. The highest BCUT2D eigenvalue weighted by Crippen LogP contribution is 2.24. The fraction of sp³-hybridized carbons (Fsp3) is 0.333. The highest BCUT2D eigenvalue weighted by Gasteiger charge is 2.13. The molecule has 0 spiro atoms. The monoisotopic (exact) mass is 305 g/mol. The summed E-state index contributed by atoms with van der Waals surface area (Å²) >= 11 is 1.45. The van der Waals surface area contributed by atoms with Crippen molar-refractivity contribution in [2.24, 2.45) is 5.73 Å². The SMILES string of the molecule is CCCOc1ccccc1NC(=O)c1csc(CCN)n1. The Labute approximate surface area is 128 Å². The lowest BCUT2D eigenvalue weighted by Gasteiger charge is -2.11. The van der Waals surface area contributed by atoms with Crippen LogP contribution in [0.3, 0.4) is 0 Å². The Bertz CT molecular complexity index is 598. The molecule has 0 aliphatic heterocycles. The number of anilines is 1. The Morgan fingerprint density at radius 3 is 3.00 bits per heavy atom. The second-order valence-corrected chi connectivity index (χ2v) is 5.41. The zero-order valence-electron chi connectivity index (χ0n) is 12.0. The predicted octanol–water partition coefficient (Wildman–Crippen LogP) is 2.69. The third kappa shape index (κ3) is 4.27. The molecule has 6 heteroatoms. The van der Waals surface area contributed by atoms with Gasteiger partial charge in [0.25, 0.3) is 5.91 Å². The third-order valence-electron chi connectivity index (χ3n) is 2.74. The van der Waals surface area contributed by atoms with Crippen molar-refractivity contribution in [3.8, 4) is 5.75 Å². The molecule has 0 aliphatic rings. The number of carbonyl (C=O) groups excluding carboxylic acids is 1. The molecule has 112 valence electrons. The minimum absolute atomic E-state index is 0.234. The van der Waals surface area contributed by atoms with E-state index in [-0.39, 0.29) is 5.91 Å². The van der Waals surface area contributed by atoms with Crippen molar-refractivity contribution in [3.05, 3.63) is 40.3 Å². The van der Waals surface area contributed by atoms with Gasteiger partial charge in [0.15, 0.2) is 0 Å². The van der Waals surface area contributed by atoms with Crippen molar-refractivity contribution in [2.45, 2.75) is 19.8 Å². The summed E-state index contributed by atoms with van der Waals surface area (Å²) in [7, 11) is 0. The lowest BCUT2D eigenvalue weighted by atomic mass is 10.3. The number of rotatable bonds is 7. The van der Waals surface area contributed by atoms with Gasteiger partial charge in [-0.15, -0.1) is 11.3 Å². The van der Waals surface area contributed by atoms with Gasteiger partial charge in [0, 0.05) is 11.8 Å². The molecule has 2 rings (SSSR count). The van der Waals surface area contributed by atoms with Gasteiger partial charge >= 0.3 is 0 Å². The highest BCUT2D eigenvalue weighted by atomic mass is 32.1. The van der Waals surface area contributed by atoms with Crippen molar-refractivity contribution >= 4 is 22.9 Å². The second kappa shape index (κ2) is 7.75.